The van der Waals surface area contributed by atoms with E-state index in [9.17, 15) is 4.39 Å². The van der Waals surface area contributed by atoms with E-state index in [4.69, 9.17) is 9.47 Å². The average molecular weight is 281 g/mol. The highest BCUT2D eigenvalue weighted by atomic mass is 19.1. The van der Waals surface area contributed by atoms with E-state index >= 15 is 0 Å². The van der Waals surface area contributed by atoms with Crippen molar-refractivity contribution in [1.29, 1.82) is 0 Å². The van der Waals surface area contributed by atoms with Gasteiger partial charge < -0.3 is 14.8 Å². The molecule has 1 heterocycles. The molecule has 112 valence electrons. The third-order valence-electron chi connectivity index (χ3n) is 3.43. The third-order valence-corrected chi connectivity index (χ3v) is 3.43. The molecule has 20 heavy (non-hydrogen) atoms. The minimum atomic E-state index is -0.482. The second-order valence-corrected chi connectivity index (χ2v) is 5.81. The van der Waals surface area contributed by atoms with Gasteiger partial charge in [0, 0.05) is 24.1 Å². The molecule has 0 saturated carbocycles. The van der Waals surface area contributed by atoms with Crippen molar-refractivity contribution in [2.45, 2.75) is 45.3 Å². The predicted octanol–water partition coefficient (Wildman–Crippen LogP) is 3.64. The van der Waals surface area contributed by atoms with E-state index in [0.717, 1.165) is 30.7 Å². The second-order valence-electron chi connectivity index (χ2n) is 5.81. The Morgan fingerprint density at radius 3 is 2.95 bits per heavy atom. The van der Waals surface area contributed by atoms with Crippen LogP contribution >= 0.6 is 0 Å². The zero-order valence-corrected chi connectivity index (χ0v) is 12.5. The molecule has 0 saturated heterocycles. The van der Waals surface area contributed by atoms with Gasteiger partial charge in [-0.15, -0.1) is 0 Å². The molecule has 0 aliphatic carbocycles. The van der Waals surface area contributed by atoms with Crippen LogP contribution in [0.15, 0.2) is 18.2 Å². The number of ether oxygens (including phenoxy) is 2. The number of alkyl halides is 1. The van der Waals surface area contributed by atoms with Crippen molar-refractivity contribution in [3.05, 3.63) is 23.8 Å². The normalized spacial score (nSPS) is 20.1. The molecule has 0 bridgehead atoms. The summed E-state index contributed by atoms with van der Waals surface area (Å²) in [6, 6.07) is 6.07. The van der Waals surface area contributed by atoms with Gasteiger partial charge >= 0.3 is 0 Å². The predicted molar refractivity (Wildman–Crippen MR) is 78.3 cm³/mol. The van der Waals surface area contributed by atoms with Crippen LogP contribution in [0.5, 0.6) is 11.5 Å². The first kappa shape index (κ1) is 15.1. The lowest BCUT2D eigenvalue weighted by Crippen LogP contribution is -2.39. The van der Waals surface area contributed by atoms with Crippen LogP contribution in [0.25, 0.3) is 0 Å². The molecule has 1 aliphatic heterocycles. The van der Waals surface area contributed by atoms with Crippen molar-refractivity contribution >= 4 is 0 Å². The molecule has 0 spiro atoms. The van der Waals surface area contributed by atoms with Gasteiger partial charge in [0.05, 0.1) is 0 Å². The van der Waals surface area contributed by atoms with Crippen LogP contribution in [-0.4, -0.2) is 25.4 Å². The first-order valence-electron chi connectivity index (χ1n) is 7.31. The molecule has 1 aliphatic rings. The van der Waals surface area contributed by atoms with Gasteiger partial charge in [0.25, 0.3) is 0 Å². The van der Waals surface area contributed by atoms with Gasteiger partial charge in [0.1, 0.15) is 30.4 Å². The molecule has 0 aromatic heterocycles. The standard InChI is InChI=1S/C16H24FNO2/c1-4-8-18-14-11-16(2,3)20-15-10-12(19-9-7-17)5-6-13(14)15/h5-6,10,14,18H,4,7-9,11H2,1-3H3. The summed E-state index contributed by atoms with van der Waals surface area (Å²) in [4.78, 5) is 0. The van der Waals surface area contributed by atoms with Crippen LogP contribution in [0, 0.1) is 0 Å². The lowest BCUT2D eigenvalue weighted by molar-refractivity contribution is 0.0657. The molecular formula is C16H24FNO2. The van der Waals surface area contributed by atoms with E-state index in [-0.39, 0.29) is 12.2 Å². The highest BCUT2D eigenvalue weighted by Crippen LogP contribution is 2.41. The number of hydrogen-bond donors (Lipinski definition) is 1. The highest BCUT2D eigenvalue weighted by molar-refractivity contribution is 5.44. The molecule has 0 amide bonds. The largest absolute Gasteiger partial charge is 0.491 e. The van der Waals surface area contributed by atoms with Crippen LogP contribution in [0.4, 0.5) is 4.39 Å². The lowest BCUT2D eigenvalue weighted by Gasteiger charge is -2.38. The van der Waals surface area contributed by atoms with Crippen LogP contribution in [0.2, 0.25) is 0 Å². The fourth-order valence-corrected chi connectivity index (χ4v) is 2.58. The maximum absolute atomic E-state index is 12.2. The first-order valence-corrected chi connectivity index (χ1v) is 7.31. The molecule has 2 rings (SSSR count). The van der Waals surface area contributed by atoms with Crippen molar-refractivity contribution in [2.24, 2.45) is 0 Å². The van der Waals surface area contributed by atoms with Crippen molar-refractivity contribution in [2.75, 3.05) is 19.8 Å². The van der Waals surface area contributed by atoms with Crippen LogP contribution in [0.1, 0.15) is 45.2 Å². The SMILES string of the molecule is CCCNC1CC(C)(C)Oc2cc(OCCF)ccc21. The number of benzene rings is 1. The van der Waals surface area contributed by atoms with Crippen molar-refractivity contribution < 1.29 is 13.9 Å². The van der Waals surface area contributed by atoms with Gasteiger partial charge in [-0.3, -0.25) is 0 Å². The molecule has 1 aromatic carbocycles. The zero-order valence-electron chi connectivity index (χ0n) is 12.5. The summed E-state index contributed by atoms with van der Waals surface area (Å²) < 4.78 is 23.5. The molecule has 1 unspecified atom stereocenters. The number of rotatable bonds is 6. The smallest absolute Gasteiger partial charge is 0.128 e. The molecular weight excluding hydrogens is 257 g/mol. The van der Waals surface area contributed by atoms with E-state index in [2.05, 4.69) is 26.1 Å². The minimum absolute atomic E-state index is 0.0830. The fraction of sp³-hybridized carbons (Fsp3) is 0.625. The summed E-state index contributed by atoms with van der Waals surface area (Å²) in [6.07, 6.45) is 2.04. The van der Waals surface area contributed by atoms with E-state index in [1.54, 1.807) is 0 Å². The van der Waals surface area contributed by atoms with Crippen LogP contribution in [0.3, 0.4) is 0 Å². The van der Waals surface area contributed by atoms with Gasteiger partial charge in [-0.05, 0) is 32.9 Å². The second kappa shape index (κ2) is 6.44. The van der Waals surface area contributed by atoms with E-state index in [0.29, 0.717) is 11.8 Å². The molecule has 1 N–H and O–H groups in total. The average Bonchev–Trinajstić information content (AvgIpc) is 2.40. The maximum atomic E-state index is 12.2. The summed E-state index contributed by atoms with van der Waals surface area (Å²) in [7, 11) is 0. The third kappa shape index (κ3) is 3.63. The molecule has 0 fully saturated rings. The van der Waals surface area contributed by atoms with E-state index < -0.39 is 6.67 Å². The first-order chi connectivity index (χ1) is 9.55. The molecule has 1 aromatic rings. The zero-order chi connectivity index (χ0) is 14.6. The quantitative estimate of drug-likeness (QED) is 0.863. The minimum Gasteiger partial charge on any atom is -0.491 e. The Morgan fingerprint density at radius 1 is 1.45 bits per heavy atom. The molecule has 3 nitrogen and oxygen atoms in total. The summed E-state index contributed by atoms with van der Waals surface area (Å²) >= 11 is 0. The summed E-state index contributed by atoms with van der Waals surface area (Å²) in [5.74, 6) is 1.50. The van der Waals surface area contributed by atoms with Gasteiger partial charge in [0.2, 0.25) is 0 Å². The monoisotopic (exact) mass is 281 g/mol. The highest BCUT2D eigenvalue weighted by Gasteiger charge is 2.33. The van der Waals surface area contributed by atoms with Crippen molar-refractivity contribution in [3.8, 4) is 11.5 Å². The number of fused-ring (bicyclic) bond motifs is 1. The Labute approximate surface area is 120 Å². The summed E-state index contributed by atoms with van der Waals surface area (Å²) in [6.45, 7) is 6.92. The number of halogens is 1. The topological polar surface area (TPSA) is 30.5 Å². The van der Waals surface area contributed by atoms with Gasteiger partial charge in [-0.2, -0.15) is 0 Å². The molecule has 1 atom stereocenters. The van der Waals surface area contributed by atoms with E-state index in [1.165, 1.54) is 0 Å². The molecule has 0 radical (unpaired) electrons. The summed E-state index contributed by atoms with van der Waals surface area (Å²) in [5, 5.41) is 3.56. The van der Waals surface area contributed by atoms with Crippen molar-refractivity contribution in [3.63, 3.8) is 0 Å². The Kier molecular flexibility index (Phi) is 4.86. The van der Waals surface area contributed by atoms with E-state index in [1.807, 2.05) is 18.2 Å². The number of hydrogen-bond acceptors (Lipinski definition) is 3. The van der Waals surface area contributed by atoms with Gasteiger partial charge in [-0.25, -0.2) is 4.39 Å². The fourth-order valence-electron chi connectivity index (χ4n) is 2.58. The Hall–Kier alpha value is -1.29. The van der Waals surface area contributed by atoms with Crippen molar-refractivity contribution in [1.82, 2.24) is 5.32 Å². The Balaban J connectivity index is 2.22. The van der Waals surface area contributed by atoms with Gasteiger partial charge in [-0.1, -0.05) is 13.0 Å². The Morgan fingerprint density at radius 2 is 2.25 bits per heavy atom. The molecule has 4 heteroatoms. The van der Waals surface area contributed by atoms with Crippen LogP contribution in [-0.2, 0) is 0 Å². The maximum Gasteiger partial charge on any atom is 0.128 e. The van der Waals surface area contributed by atoms with Crippen LogP contribution < -0.4 is 14.8 Å². The lowest BCUT2D eigenvalue weighted by atomic mass is 9.89. The summed E-state index contributed by atoms with van der Waals surface area (Å²) in [5.41, 5.74) is 0.947. The number of nitrogens with one attached hydrogen (secondary N) is 1. The van der Waals surface area contributed by atoms with Gasteiger partial charge in [0.15, 0.2) is 0 Å². The Bertz CT molecular complexity index is 448.